The second-order valence-electron chi connectivity index (χ2n) is 6.70. The number of nitrogens with zero attached hydrogens (tertiary/aromatic N) is 2. The predicted molar refractivity (Wildman–Crippen MR) is 101 cm³/mol. The lowest BCUT2D eigenvalue weighted by Gasteiger charge is -2.15. The molecule has 2 heterocycles. The lowest BCUT2D eigenvalue weighted by molar-refractivity contribution is -0.156. The number of rotatable bonds is 5. The second kappa shape index (κ2) is 7.82. The quantitative estimate of drug-likeness (QED) is 0.618. The molecule has 0 fully saturated rings. The van der Waals surface area contributed by atoms with E-state index in [0.717, 1.165) is 4.57 Å². The zero-order chi connectivity index (χ0) is 22.2. The number of hydrogen-bond acceptors (Lipinski definition) is 6. The van der Waals surface area contributed by atoms with Crippen LogP contribution in [0, 0.1) is 0 Å². The molecule has 0 bridgehead atoms. The molecule has 162 valence electrons. The van der Waals surface area contributed by atoms with E-state index < -0.39 is 36.5 Å². The monoisotopic (exact) mass is 435 g/mol. The smallest absolute Gasteiger partial charge is 0.449 e. The van der Waals surface area contributed by atoms with Gasteiger partial charge in [0.15, 0.2) is 17.6 Å². The lowest BCUT2D eigenvalue weighted by atomic mass is 10.2. The molecule has 8 nitrogen and oxygen atoms in total. The molecule has 0 aliphatic carbocycles. The topological polar surface area (TPSA) is 91.7 Å². The third-order valence-corrected chi connectivity index (χ3v) is 4.51. The highest BCUT2D eigenvalue weighted by molar-refractivity contribution is 5.95. The van der Waals surface area contributed by atoms with Crippen LogP contribution in [0.2, 0.25) is 0 Å². The number of fused-ring (bicyclic) bond motifs is 2. The minimum absolute atomic E-state index is 0.0730. The molecular formula is C20H16F3N3O5. The maximum Gasteiger partial charge on any atom is 0.449 e. The first kappa shape index (κ1) is 20.5. The maximum atomic E-state index is 13.3. The van der Waals surface area contributed by atoms with Gasteiger partial charge in [0, 0.05) is 11.8 Å². The number of amides is 1. The van der Waals surface area contributed by atoms with Gasteiger partial charge in [0.05, 0.1) is 11.0 Å². The van der Waals surface area contributed by atoms with Crippen molar-refractivity contribution < 1.29 is 37.0 Å². The highest BCUT2D eigenvalue weighted by Crippen LogP contribution is 2.34. The number of carbonyl (C=O) groups excluding carboxylic acids is 2. The van der Waals surface area contributed by atoms with Crippen molar-refractivity contribution in [1.29, 1.82) is 0 Å². The third kappa shape index (κ3) is 4.25. The van der Waals surface area contributed by atoms with Gasteiger partial charge in [0.1, 0.15) is 6.54 Å². The minimum Gasteiger partial charge on any atom is -0.454 e. The molecule has 1 amide bonds. The number of benzene rings is 2. The van der Waals surface area contributed by atoms with Gasteiger partial charge in [-0.2, -0.15) is 13.2 Å². The molecular weight excluding hydrogens is 419 g/mol. The van der Waals surface area contributed by atoms with Crippen molar-refractivity contribution in [3.63, 3.8) is 0 Å². The largest absolute Gasteiger partial charge is 0.454 e. The number of ether oxygens (including phenoxy) is 3. The van der Waals surface area contributed by atoms with Gasteiger partial charge in [-0.15, -0.1) is 0 Å². The maximum absolute atomic E-state index is 13.3. The molecule has 1 aliphatic heterocycles. The van der Waals surface area contributed by atoms with Gasteiger partial charge in [-0.3, -0.25) is 9.59 Å². The normalized spacial score (nSPS) is 13.8. The Morgan fingerprint density at radius 3 is 2.71 bits per heavy atom. The Morgan fingerprint density at radius 2 is 1.94 bits per heavy atom. The Bertz CT molecular complexity index is 1160. The molecule has 0 saturated heterocycles. The van der Waals surface area contributed by atoms with E-state index in [0.29, 0.717) is 17.2 Å². The van der Waals surface area contributed by atoms with Gasteiger partial charge < -0.3 is 24.1 Å². The van der Waals surface area contributed by atoms with Gasteiger partial charge in [0.25, 0.3) is 5.91 Å². The molecule has 31 heavy (non-hydrogen) atoms. The van der Waals surface area contributed by atoms with E-state index in [4.69, 9.17) is 14.2 Å². The molecule has 1 aromatic heterocycles. The van der Waals surface area contributed by atoms with Gasteiger partial charge in [0.2, 0.25) is 12.6 Å². The van der Waals surface area contributed by atoms with Crippen molar-refractivity contribution in [3.05, 3.63) is 48.3 Å². The Hall–Kier alpha value is -3.76. The summed E-state index contributed by atoms with van der Waals surface area (Å²) in [5, 5.41) is 2.55. The molecule has 11 heteroatoms. The molecule has 1 aliphatic rings. The SMILES string of the molecule is CC(OC(=O)Cn1c(C(F)(F)F)nc2ccccc21)C(=O)Nc1ccc2c(c1)OCO2. The molecule has 1 unspecified atom stereocenters. The van der Waals surface area contributed by atoms with Crippen LogP contribution in [0.5, 0.6) is 11.5 Å². The molecule has 1 atom stereocenters. The molecule has 4 rings (SSSR count). The number of hydrogen-bond donors (Lipinski definition) is 1. The molecule has 0 radical (unpaired) electrons. The standard InChI is InChI=1S/C20H16F3N3O5/c1-11(18(28)24-12-6-7-15-16(8-12)30-10-29-15)31-17(27)9-26-14-5-3-2-4-13(14)25-19(26)20(21,22)23/h2-8,11H,9-10H2,1H3,(H,24,28). The van der Waals surface area contributed by atoms with Crippen LogP contribution in [0.3, 0.4) is 0 Å². The van der Waals surface area contributed by atoms with E-state index in [1.54, 1.807) is 24.3 Å². The highest BCUT2D eigenvalue weighted by Gasteiger charge is 2.38. The van der Waals surface area contributed by atoms with Crippen LogP contribution in [-0.2, 0) is 27.0 Å². The minimum atomic E-state index is -4.76. The zero-order valence-electron chi connectivity index (χ0n) is 16.1. The van der Waals surface area contributed by atoms with E-state index in [1.165, 1.54) is 25.1 Å². The van der Waals surface area contributed by atoms with Gasteiger partial charge in [-0.05, 0) is 31.2 Å². The molecule has 0 spiro atoms. The van der Waals surface area contributed by atoms with E-state index in [2.05, 4.69) is 10.3 Å². The van der Waals surface area contributed by atoms with Gasteiger partial charge in [-0.1, -0.05) is 12.1 Å². The Labute approximate surface area is 173 Å². The van der Waals surface area contributed by atoms with E-state index in [-0.39, 0.29) is 17.8 Å². The zero-order valence-corrected chi connectivity index (χ0v) is 16.1. The number of para-hydroxylation sites is 2. The predicted octanol–water partition coefficient (Wildman–Crippen LogP) is 3.35. The summed E-state index contributed by atoms with van der Waals surface area (Å²) in [6.07, 6.45) is -6.01. The van der Waals surface area contributed by atoms with Crippen molar-refractivity contribution in [2.24, 2.45) is 0 Å². The van der Waals surface area contributed by atoms with Crippen molar-refractivity contribution in [1.82, 2.24) is 9.55 Å². The first-order valence-corrected chi connectivity index (χ1v) is 9.15. The summed E-state index contributed by atoms with van der Waals surface area (Å²) >= 11 is 0. The number of nitrogens with one attached hydrogen (secondary N) is 1. The number of aromatic nitrogens is 2. The fourth-order valence-corrected chi connectivity index (χ4v) is 3.09. The number of carbonyl (C=O) groups is 2. The molecule has 1 N–H and O–H groups in total. The lowest BCUT2D eigenvalue weighted by Crippen LogP contribution is -2.31. The van der Waals surface area contributed by atoms with Crippen LogP contribution < -0.4 is 14.8 Å². The summed E-state index contributed by atoms with van der Waals surface area (Å²) < 4.78 is 56.2. The van der Waals surface area contributed by atoms with Crippen LogP contribution >= 0.6 is 0 Å². The number of imidazole rings is 1. The van der Waals surface area contributed by atoms with Crippen LogP contribution in [0.15, 0.2) is 42.5 Å². The van der Waals surface area contributed by atoms with Crippen molar-refractivity contribution in [2.45, 2.75) is 25.7 Å². The van der Waals surface area contributed by atoms with Crippen LogP contribution in [0.4, 0.5) is 18.9 Å². The first-order chi connectivity index (χ1) is 14.7. The van der Waals surface area contributed by atoms with Crippen molar-refractivity contribution in [2.75, 3.05) is 12.1 Å². The van der Waals surface area contributed by atoms with E-state index in [1.807, 2.05) is 0 Å². The second-order valence-corrected chi connectivity index (χ2v) is 6.70. The van der Waals surface area contributed by atoms with Gasteiger partial charge in [-0.25, -0.2) is 4.98 Å². The summed E-state index contributed by atoms with van der Waals surface area (Å²) in [6, 6.07) is 10.6. The average molecular weight is 435 g/mol. The van der Waals surface area contributed by atoms with Crippen molar-refractivity contribution >= 4 is 28.6 Å². The summed E-state index contributed by atoms with van der Waals surface area (Å²) in [4.78, 5) is 28.2. The fourth-order valence-electron chi connectivity index (χ4n) is 3.09. The summed E-state index contributed by atoms with van der Waals surface area (Å²) in [5.74, 6) is -1.90. The third-order valence-electron chi connectivity index (χ3n) is 4.51. The summed E-state index contributed by atoms with van der Waals surface area (Å²) in [5.41, 5.74) is 0.609. The number of anilines is 1. The molecule has 2 aromatic carbocycles. The van der Waals surface area contributed by atoms with Crippen molar-refractivity contribution in [3.8, 4) is 11.5 Å². The van der Waals surface area contributed by atoms with E-state index >= 15 is 0 Å². The average Bonchev–Trinajstić information content (AvgIpc) is 3.32. The van der Waals surface area contributed by atoms with Crippen LogP contribution in [0.25, 0.3) is 11.0 Å². The molecule has 0 saturated carbocycles. The summed E-state index contributed by atoms with van der Waals surface area (Å²) in [7, 11) is 0. The van der Waals surface area contributed by atoms with E-state index in [9.17, 15) is 22.8 Å². The summed E-state index contributed by atoms with van der Waals surface area (Å²) in [6.45, 7) is 0.636. The number of alkyl halides is 3. The molecule has 3 aromatic rings. The van der Waals surface area contributed by atoms with Crippen LogP contribution in [0.1, 0.15) is 12.7 Å². The Balaban J connectivity index is 1.44. The fraction of sp³-hybridized carbons (Fsp3) is 0.250. The Morgan fingerprint density at radius 1 is 1.19 bits per heavy atom. The Kier molecular flexibility index (Phi) is 5.17. The number of halogens is 3. The number of esters is 1. The first-order valence-electron chi connectivity index (χ1n) is 9.15. The van der Waals surface area contributed by atoms with Crippen LogP contribution in [-0.4, -0.2) is 34.3 Å². The highest BCUT2D eigenvalue weighted by atomic mass is 19.4. The van der Waals surface area contributed by atoms with Gasteiger partial charge >= 0.3 is 12.1 Å².